The van der Waals surface area contributed by atoms with E-state index >= 15 is 0 Å². The maximum atomic E-state index is 10.6. The molecule has 0 amide bonds. The second-order valence-electron chi connectivity index (χ2n) is 5.13. The lowest BCUT2D eigenvalue weighted by atomic mass is 10.0. The van der Waals surface area contributed by atoms with Gasteiger partial charge in [-0.15, -0.1) is 0 Å². The lowest BCUT2D eigenvalue weighted by Gasteiger charge is -2.37. The smallest absolute Gasteiger partial charge is 0.134 e. The molecule has 0 bridgehead atoms. The van der Waals surface area contributed by atoms with Crippen LogP contribution in [0.3, 0.4) is 0 Å². The standard InChI is InChI=1S/C11H25NO7S/c1-8(2)5-9(6-14)12(3-4-13)11(16)10(15)7-20(17,18)19/h8-11,13-16H,3-7H2,1-2H3,(H,17,18,19)/p-1. The highest BCUT2D eigenvalue weighted by Crippen LogP contribution is 2.15. The molecule has 4 N–H and O–H groups in total. The Labute approximate surface area is 119 Å². The fraction of sp³-hybridized carbons (Fsp3) is 1.00. The van der Waals surface area contributed by atoms with Gasteiger partial charge in [-0.1, -0.05) is 13.8 Å². The van der Waals surface area contributed by atoms with Gasteiger partial charge in [0, 0.05) is 12.6 Å². The monoisotopic (exact) mass is 314 g/mol. The van der Waals surface area contributed by atoms with Crippen LogP contribution in [0.1, 0.15) is 20.3 Å². The maximum absolute atomic E-state index is 10.6. The van der Waals surface area contributed by atoms with E-state index in [0.29, 0.717) is 6.42 Å². The van der Waals surface area contributed by atoms with E-state index in [1.165, 1.54) is 4.90 Å². The molecule has 0 saturated carbocycles. The van der Waals surface area contributed by atoms with Crippen molar-refractivity contribution in [3.63, 3.8) is 0 Å². The zero-order chi connectivity index (χ0) is 15.9. The van der Waals surface area contributed by atoms with Gasteiger partial charge in [0.05, 0.1) is 29.1 Å². The molecule has 0 fully saturated rings. The average Bonchev–Trinajstić information content (AvgIpc) is 2.30. The van der Waals surface area contributed by atoms with Crippen LogP contribution in [0, 0.1) is 5.92 Å². The molecule has 0 aliphatic carbocycles. The van der Waals surface area contributed by atoms with Gasteiger partial charge in [-0.05, 0) is 12.3 Å². The Morgan fingerprint density at radius 2 is 1.75 bits per heavy atom. The summed E-state index contributed by atoms with van der Waals surface area (Å²) < 4.78 is 31.8. The molecule has 0 aliphatic rings. The van der Waals surface area contributed by atoms with Crippen LogP contribution < -0.4 is 0 Å². The Morgan fingerprint density at radius 1 is 1.20 bits per heavy atom. The zero-order valence-electron chi connectivity index (χ0n) is 11.7. The number of hydrogen-bond donors (Lipinski definition) is 4. The molecule has 122 valence electrons. The highest BCUT2D eigenvalue weighted by atomic mass is 32.2. The first-order chi connectivity index (χ1) is 9.12. The first kappa shape index (κ1) is 19.7. The number of nitrogens with zero attached hydrogens (tertiary/aromatic N) is 1. The minimum atomic E-state index is -4.68. The Kier molecular flexibility index (Phi) is 8.75. The molecule has 20 heavy (non-hydrogen) atoms. The van der Waals surface area contributed by atoms with Crippen molar-refractivity contribution in [2.75, 3.05) is 25.5 Å². The van der Waals surface area contributed by atoms with E-state index in [0.717, 1.165) is 0 Å². The Morgan fingerprint density at radius 3 is 2.10 bits per heavy atom. The van der Waals surface area contributed by atoms with Gasteiger partial charge >= 0.3 is 0 Å². The van der Waals surface area contributed by atoms with E-state index in [-0.39, 0.29) is 25.7 Å². The van der Waals surface area contributed by atoms with Crippen LogP contribution in [0.5, 0.6) is 0 Å². The number of rotatable bonds is 10. The Hall–Kier alpha value is -0.290. The molecule has 3 unspecified atom stereocenters. The molecule has 0 aliphatic heterocycles. The fourth-order valence-electron chi connectivity index (χ4n) is 2.02. The van der Waals surface area contributed by atoms with Crippen molar-refractivity contribution >= 4 is 10.1 Å². The highest BCUT2D eigenvalue weighted by Gasteiger charge is 2.30. The Bertz CT molecular complexity index is 360. The lowest BCUT2D eigenvalue weighted by molar-refractivity contribution is -0.107. The van der Waals surface area contributed by atoms with Crippen molar-refractivity contribution in [2.45, 2.75) is 38.6 Å². The number of aliphatic hydroxyl groups is 4. The van der Waals surface area contributed by atoms with Gasteiger partial charge < -0.3 is 25.0 Å². The molecule has 0 aromatic rings. The molecule has 0 saturated heterocycles. The molecule has 0 radical (unpaired) electrons. The van der Waals surface area contributed by atoms with Gasteiger partial charge in [0.2, 0.25) is 0 Å². The van der Waals surface area contributed by atoms with E-state index in [1.807, 2.05) is 13.8 Å². The third-order valence-corrected chi connectivity index (χ3v) is 3.59. The molecular formula is C11H24NO7S-. The summed E-state index contributed by atoms with van der Waals surface area (Å²) in [6, 6.07) is -0.554. The molecule has 8 nitrogen and oxygen atoms in total. The largest absolute Gasteiger partial charge is 0.748 e. The lowest BCUT2D eigenvalue weighted by Crippen LogP contribution is -2.53. The highest BCUT2D eigenvalue weighted by molar-refractivity contribution is 7.85. The zero-order valence-corrected chi connectivity index (χ0v) is 12.5. The van der Waals surface area contributed by atoms with E-state index in [1.54, 1.807) is 0 Å². The molecular weight excluding hydrogens is 290 g/mol. The van der Waals surface area contributed by atoms with Gasteiger partial charge in [-0.2, -0.15) is 0 Å². The van der Waals surface area contributed by atoms with Crippen molar-refractivity contribution in [1.82, 2.24) is 4.90 Å². The van der Waals surface area contributed by atoms with Crippen LogP contribution in [0.4, 0.5) is 0 Å². The second-order valence-corrected chi connectivity index (χ2v) is 6.58. The molecule has 9 heteroatoms. The minimum Gasteiger partial charge on any atom is -0.748 e. The van der Waals surface area contributed by atoms with Crippen molar-refractivity contribution in [3.8, 4) is 0 Å². The molecule has 0 aromatic carbocycles. The summed E-state index contributed by atoms with van der Waals surface area (Å²) in [5.41, 5.74) is 0. The van der Waals surface area contributed by atoms with Crippen LogP contribution in [0.25, 0.3) is 0 Å². The normalized spacial score (nSPS) is 17.4. The number of aliphatic hydroxyl groups excluding tert-OH is 4. The average molecular weight is 314 g/mol. The van der Waals surface area contributed by atoms with Gasteiger partial charge in [0.25, 0.3) is 0 Å². The topological polar surface area (TPSA) is 141 Å². The van der Waals surface area contributed by atoms with E-state index in [9.17, 15) is 28.3 Å². The van der Waals surface area contributed by atoms with Crippen molar-refractivity contribution in [2.24, 2.45) is 5.92 Å². The molecule has 0 aromatic heterocycles. The predicted molar refractivity (Wildman–Crippen MR) is 70.7 cm³/mol. The minimum absolute atomic E-state index is 0.0604. The fourth-order valence-corrected chi connectivity index (χ4v) is 2.61. The Balaban J connectivity index is 4.94. The van der Waals surface area contributed by atoms with Crippen LogP contribution in [0.15, 0.2) is 0 Å². The SMILES string of the molecule is CC(C)CC(CO)N(CCO)C(O)C(O)CS(=O)(=O)[O-]. The van der Waals surface area contributed by atoms with Gasteiger partial charge in [0.1, 0.15) is 12.3 Å². The summed E-state index contributed by atoms with van der Waals surface area (Å²) in [6.45, 7) is 3.05. The molecule has 0 rings (SSSR count). The second kappa shape index (κ2) is 8.88. The van der Waals surface area contributed by atoms with Crippen molar-refractivity contribution in [1.29, 1.82) is 0 Å². The summed E-state index contributed by atoms with van der Waals surface area (Å²) in [5.74, 6) is -0.948. The molecule has 0 heterocycles. The first-order valence-electron chi connectivity index (χ1n) is 6.39. The summed E-state index contributed by atoms with van der Waals surface area (Å²) in [5, 5.41) is 37.9. The molecule has 3 atom stereocenters. The van der Waals surface area contributed by atoms with Crippen molar-refractivity contribution in [3.05, 3.63) is 0 Å². The van der Waals surface area contributed by atoms with E-state index in [2.05, 4.69) is 0 Å². The van der Waals surface area contributed by atoms with E-state index in [4.69, 9.17) is 5.11 Å². The summed E-state index contributed by atoms with van der Waals surface area (Å²) in [7, 11) is -4.68. The summed E-state index contributed by atoms with van der Waals surface area (Å²) >= 11 is 0. The van der Waals surface area contributed by atoms with Crippen LogP contribution in [-0.4, -0.2) is 82.2 Å². The third kappa shape index (κ3) is 7.48. The van der Waals surface area contributed by atoms with E-state index < -0.39 is 34.2 Å². The van der Waals surface area contributed by atoms with Gasteiger partial charge in [-0.3, -0.25) is 4.90 Å². The first-order valence-corrected chi connectivity index (χ1v) is 7.97. The van der Waals surface area contributed by atoms with Gasteiger partial charge in [0.15, 0.2) is 0 Å². The number of hydrogen-bond acceptors (Lipinski definition) is 8. The van der Waals surface area contributed by atoms with Crippen LogP contribution >= 0.6 is 0 Å². The quantitative estimate of drug-likeness (QED) is 0.266. The predicted octanol–water partition coefficient (Wildman–Crippen LogP) is -2.09. The van der Waals surface area contributed by atoms with Crippen LogP contribution in [0.2, 0.25) is 0 Å². The van der Waals surface area contributed by atoms with Gasteiger partial charge in [-0.25, -0.2) is 8.42 Å². The maximum Gasteiger partial charge on any atom is 0.134 e. The third-order valence-electron chi connectivity index (χ3n) is 2.84. The van der Waals surface area contributed by atoms with Crippen LogP contribution in [-0.2, 0) is 10.1 Å². The summed E-state index contributed by atoms with van der Waals surface area (Å²) in [6.07, 6.45) is -2.98. The van der Waals surface area contributed by atoms with Crippen molar-refractivity contribution < 1.29 is 33.4 Å². The molecule has 0 spiro atoms. The summed E-state index contributed by atoms with van der Waals surface area (Å²) in [4.78, 5) is 1.20.